The second-order valence-electron chi connectivity index (χ2n) is 6.08. The lowest BCUT2D eigenvalue weighted by Gasteiger charge is -2.10. The number of nitrogens with zero attached hydrogens (tertiary/aromatic N) is 4. The van der Waals surface area contributed by atoms with Crippen LogP contribution in [0.5, 0.6) is 0 Å². The van der Waals surface area contributed by atoms with Gasteiger partial charge in [-0.05, 0) is 12.1 Å². The predicted molar refractivity (Wildman–Crippen MR) is 104 cm³/mol. The first kappa shape index (κ1) is 19.7. The van der Waals surface area contributed by atoms with Crippen molar-refractivity contribution in [3.8, 4) is 0 Å². The fourth-order valence-electron chi connectivity index (χ4n) is 2.87. The number of fused-ring (bicyclic) bond motifs is 1. The summed E-state index contributed by atoms with van der Waals surface area (Å²) in [6, 6.07) is 6.62. The van der Waals surface area contributed by atoms with Gasteiger partial charge in [-0.15, -0.1) is 0 Å². The summed E-state index contributed by atoms with van der Waals surface area (Å²) in [7, 11) is 1.65. The number of ether oxygens (including phenoxy) is 1. The van der Waals surface area contributed by atoms with Crippen molar-refractivity contribution in [3.63, 3.8) is 0 Å². The topological polar surface area (TPSA) is 105 Å². The highest BCUT2D eigenvalue weighted by Crippen LogP contribution is 2.15. The summed E-state index contributed by atoms with van der Waals surface area (Å²) < 4.78 is 21.2. The minimum Gasteiger partial charge on any atom is -0.460 e. The highest BCUT2D eigenvalue weighted by Gasteiger charge is 2.17. The van der Waals surface area contributed by atoms with Gasteiger partial charge >= 0.3 is 11.7 Å². The molecule has 3 rings (SSSR count). The third-order valence-electron chi connectivity index (χ3n) is 4.40. The molecule has 10 heteroatoms. The van der Waals surface area contributed by atoms with Crippen molar-refractivity contribution in [1.29, 1.82) is 0 Å². The minimum absolute atomic E-state index is 0.0105. The molecule has 1 atom stereocenters. The Kier molecular flexibility index (Phi) is 5.59. The maximum absolute atomic E-state index is 12.4. The lowest BCUT2D eigenvalue weighted by atomic mass is 10.2. The number of hydrogen-bond acceptors (Lipinski definition) is 6. The molecule has 148 valence electrons. The monoisotopic (exact) mass is 404 g/mol. The Morgan fingerprint density at radius 1 is 1.18 bits per heavy atom. The highest BCUT2D eigenvalue weighted by molar-refractivity contribution is 7.85. The quantitative estimate of drug-likeness (QED) is 0.552. The minimum atomic E-state index is -1.28. The van der Waals surface area contributed by atoms with Gasteiger partial charge in [0.25, 0.3) is 5.56 Å². The number of hydrogen-bond donors (Lipinski definition) is 0. The zero-order valence-corrected chi connectivity index (χ0v) is 16.6. The molecule has 0 N–H and O–H groups in total. The van der Waals surface area contributed by atoms with Gasteiger partial charge in [0, 0.05) is 19.8 Å². The van der Waals surface area contributed by atoms with Crippen LogP contribution in [0.15, 0.2) is 45.1 Å². The van der Waals surface area contributed by atoms with Gasteiger partial charge in [-0.25, -0.2) is 14.6 Å². The number of imidazole rings is 1. The van der Waals surface area contributed by atoms with Crippen LogP contribution < -0.4 is 11.2 Å². The van der Waals surface area contributed by atoms with Crippen LogP contribution in [0.2, 0.25) is 0 Å². The smallest absolute Gasteiger partial charge is 0.339 e. The molecule has 0 saturated heterocycles. The summed E-state index contributed by atoms with van der Waals surface area (Å²) in [6.45, 7) is 1.95. The molecule has 1 aromatic carbocycles. The first-order valence-corrected chi connectivity index (χ1v) is 9.94. The molecule has 2 aromatic heterocycles. The Morgan fingerprint density at radius 2 is 1.89 bits per heavy atom. The van der Waals surface area contributed by atoms with Gasteiger partial charge in [0.2, 0.25) is 0 Å². The number of carbonyl (C=O) groups excluding carboxylic acids is 1. The Morgan fingerprint density at radius 3 is 2.61 bits per heavy atom. The first-order valence-electron chi connectivity index (χ1n) is 8.62. The SMILES string of the molecule is CCS(=O)c1ccccc1C(=O)OCCn1cnc2c1c(=O)n(C)c(=O)n2C. The van der Waals surface area contributed by atoms with E-state index in [0.717, 1.165) is 4.57 Å². The molecular formula is C18H20N4O5S. The molecule has 0 aliphatic carbocycles. The van der Waals surface area contributed by atoms with E-state index in [1.165, 1.54) is 25.0 Å². The summed E-state index contributed by atoms with van der Waals surface area (Å²) in [6.07, 6.45) is 1.43. The fraction of sp³-hybridized carbons (Fsp3) is 0.333. The molecule has 0 saturated carbocycles. The molecule has 0 spiro atoms. The predicted octanol–water partition coefficient (Wildman–Crippen LogP) is 0.418. The Labute approximate surface area is 162 Å². The zero-order valence-electron chi connectivity index (χ0n) is 15.7. The van der Waals surface area contributed by atoms with Crippen LogP contribution in [-0.4, -0.2) is 41.2 Å². The van der Waals surface area contributed by atoms with Crippen LogP contribution in [0, 0.1) is 0 Å². The van der Waals surface area contributed by atoms with Gasteiger partial charge in [0.05, 0.1) is 34.1 Å². The maximum atomic E-state index is 12.4. The number of esters is 1. The molecule has 3 aromatic rings. The lowest BCUT2D eigenvalue weighted by Crippen LogP contribution is -2.37. The molecule has 0 radical (unpaired) electrons. The number of aromatic nitrogens is 4. The van der Waals surface area contributed by atoms with Gasteiger partial charge in [-0.3, -0.25) is 18.1 Å². The molecule has 1 unspecified atom stereocenters. The molecule has 0 bridgehead atoms. The molecule has 0 amide bonds. The molecular weight excluding hydrogens is 384 g/mol. The third kappa shape index (κ3) is 3.42. The summed E-state index contributed by atoms with van der Waals surface area (Å²) in [5, 5.41) is 0. The third-order valence-corrected chi connectivity index (χ3v) is 5.77. The number of aryl methyl sites for hydroxylation is 1. The van der Waals surface area contributed by atoms with Crippen LogP contribution in [-0.2, 0) is 36.2 Å². The van der Waals surface area contributed by atoms with Crippen molar-refractivity contribution < 1.29 is 13.7 Å². The number of benzene rings is 1. The van der Waals surface area contributed by atoms with Crippen molar-refractivity contribution in [2.45, 2.75) is 18.4 Å². The molecule has 2 heterocycles. The first-order chi connectivity index (χ1) is 13.4. The van der Waals surface area contributed by atoms with E-state index in [9.17, 15) is 18.6 Å². The van der Waals surface area contributed by atoms with Crippen LogP contribution in [0.3, 0.4) is 0 Å². The largest absolute Gasteiger partial charge is 0.460 e. The summed E-state index contributed by atoms with van der Waals surface area (Å²) >= 11 is 0. The summed E-state index contributed by atoms with van der Waals surface area (Å²) in [5.41, 5.74) is -0.145. The van der Waals surface area contributed by atoms with E-state index in [-0.39, 0.29) is 29.9 Å². The maximum Gasteiger partial charge on any atom is 0.339 e. The van der Waals surface area contributed by atoms with Gasteiger partial charge in [-0.1, -0.05) is 19.1 Å². The Balaban J connectivity index is 1.80. The Hall–Kier alpha value is -3.01. The average Bonchev–Trinajstić information content (AvgIpc) is 3.14. The van der Waals surface area contributed by atoms with Crippen LogP contribution in [0.25, 0.3) is 11.2 Å². The van der Waals surface area contributed by atoms with Crippen LogP contribution in [0.1, 0.15) is 17.3 Å². The second kappa shape index (κ2) is 7.93. The average molecular weight is 404 g/mol. The summed E-state index contributed by atoms with van der Waals surface area (Å²) in [4.78, 5) is 41.3. The van der Waals surface area contributed by atoms with Crippen molar-refractivity contribution >= 4 is 27.9 Å². The van der Waals surface area contributed by atoms with E-state index >= 15 is 0 Å². The molecule has 0 aliphatic heterocycles. The van der Waals surface area contributed by atoms with E-state index in [2.05, 4.69) is 4.98 Å². The van der Waals surface area contributed by atoms with Crippen molar-refractivity contribution in [3.05, 3.63) is 57.0 Å². The van der Waals surface area contributed by atoms with Gasteiger partial charge in [0.15, 0.2) is 11.2 Å². The van der Waals surface area contributed by atoms with Crippen LogP contribution in [0.4, 0.5) is 0 Å². The van der Waals surface area contributed by atoms with E-state index in [1.54, 1.807) is 35.8 Å². The standard InChI is InChI=1S/C18H20N4O5S/c1-4-28(26)13-8-6-5-7-12(13)17(24)27-10-9-22-11-19-15-14(22)16(23)21(3)18(25)20(15)2/h5-8,11H,4,9-10H2,1-3H3. The molecule has 0 fully saturated rings. The molecule has 28 heavy (non-hydrogen) atoms. The summed E-state index contributed by atoms with van der Waals surface area (Å²) in [5.74, 6) is -0.185. The number of carbonyl (C=O) groups is 1. The Bertz CT molecular complexity index is 1190. The van der Waals surface area contributed by atoms with Crippen molar-refractivity contribution in [2.75, 3.05) is 12.4 Å². The van der Waals surface area contributed by atoms with E-state index in [1.807, 2.05) is 0 Å². The van der Waals surface area contributed by atoms with E-state index in [4.69, 9.17) is 4.74 Å². The fourth-order valence-corrected chi connectivity index (χ4v) is 3.81. The number of rotatable bonds is 6. The van der Waals surface area contributed by atoms with Gasteiger partial charge < -0.3 is 9.30 Å². The zero-order chi connectivity index (χ0) is 20.4. The highest BCUT2D eigenvalue weighted by atomic mass is 32.2. The van der Waals surface area contributed by atoms with Crippen LogP contribution >= 0.6 is 0 Å². The van der Waals surface area contributed by atoms with Crippen molar-refractivity contribution in [2.24, 2.45) is 14.1 Å². The normalized spacial score (nSPS) is 12.2. The van der Waals surface area contributed by atoms with E-state index in [0.29, 0.717) is 10.6 Å². The van der Waals surface area contributed by atoms with Gasteiger partial charge in [0.1, 0.15) is 6.61 Å². The van der Waals surface area contributed by atoms with Crippen molar-refractivity contribution in [1.82, 2.24) is 18.7 Å². The lowest BCUT2D eigenvalue weighted by molar-refractivity contribution is 0.0488. The molecule has 0 aliphatic rings. The van der Waals surface area contributed by atoms with Gasteiger partial charge in [-0.2, -0.15) is 0 Å². The second-order valence-corrected chi connectivity index (χ2v) is 7.79. The molecule has 9 nitrogen and oxygen atoms in total. The van der Waals surface area contributed by atoms with E-state index < -0.39 is 28.0 Å².